The van der Waals surface area contributed by atoms with Crippen molar-refractivity contribution in [3.63, 3.8) is 0 Å². The molecule has 0 aromatic carbocycles. The summed E-state index contributed by atoms with van der Waals surface area (Å²) in [5.74, 6) is -0.379. The molecule has 0 aliphatic heterocycles. The third-order valence-corrected chi connectivity index (χ3v) is 64.6. The van der Waals surface area contributed by atoms with E-state index in [1.165, 1.54) is 6.08 Å². The highest BCUT2D eigenvalue weighted by Gasteiger charge is 2.58. The van der Waals surface area contributed by atoms with Crippen molar-refractivity contribution in [2.75, 3.05) is 6.61 Å². The monoisotopic (exact) mass is 582 g/mol. The van der Waals surface area contributed by atoms with Crippen molar-refractivity contribution in [2.45, 2.75) is 111 Å². The maximum absolute atomic E-state index is 11.6. The van der Waals surface area contributed by atoms with Gasteiger partial charge in [-0.25, -0.2) is 4.79 Å². The van der Waals surface area contributed by atoms with Gasteiger partial charge in [0.05, 0.1) is 29.4 Å². The van der Waals surface area contributed by atoms with Crippen LogP contribution in [0.1, 0.15) is 6.42 Å². The van der Waals surface area contributed by atoms with E-state index in [9.17, 15) is 4.79 Å². The van der Waals surface area contributed by atoms with Crippen LogP contribution in [0.2, 0.25) is 104 Å². The van der Waals surface area contributed by atoms with Crippen molar-refractivity contribution in [2.24, 2.45) is 0 Å². The zero-order valence-corrected chi connectivity index (χ0v) is 31.4. The summed E-state index contributed by atoms with van der Waals surface area (Å²) in [6, 6.07) is 0.708. The van der Waals surface area contributed by atoms with Crippen LogP contribution in [0.5, 0.6) is 0 Å². The fraction of sp³-hybridized carbons (Fsp3) is 0.857. The summed E-state index contributed by atoms with van der Waals surface area (Å²) in [7, 11) is -13.9. The standard InChI is InChI=1S/C21H54O5Si7/c1-17-21(22)23-19-18-20-33(24-30(11,12)27(2,3)4,25-31(13,14)28(5,6)7)26-32(15,16)29(8,9)10/h17H,1,18-20H2,2-16H3. The van der Waals surface area contributed by atoms with Gasteiger partial charge in [-0.2, -0.15) is 0 Å². The fourth-order valence-electron chi connectivity index (χ4n) is 2.36. The van der Waals surface area contributed by atoms with E-state index in [2.05, 4.69) is 105 Å². The van der Waals surface area contributed by atoms with Crippen molar-refractivity contribution in [3.05, 3.63) is 12.7 Å². The average molecular weight is 583 g/mol. The zero-order chi connectivity index (χ0) is 26.7. The van der Waals surface area contributed by atoms with Crippen LogP contribution in [0.4, 0.5) is 0 Å². The lowest BCUT2D eigenvalue weighted by Crippen LogP contribution is -2.72. The molecule has 12 heteroatoms. The first kappa shape index (κ1) is 33.6. The molecular formula is C21H54O5Si7. The average Bonchev–Trinajstić information content (AvgIpc) is 2.54. The van der Waals surface area contributed by atoms with Gasteiger partial charge >= 0.3 is 14.8 Å². The lowest BCUT2D eigenvalue weighted by molar-refractivity contribution is -0.137. The van der Waals surface area contributed by atoms with E-state index in [0.717, 1.165) is 0 Å². The van der Waals surface area contributed by atoms with Gasteiger partial charge in [0.2, 0.25) is 0 Å². The van der Waals surface area contributed by atoms with E-state index < -0.39 is 55.1 Å². The zero-order valence-electron chi connectivity index (χ0n) is 24.4. The molecule has 0 N–H and O–H groups in total. The maximum atomic E-state index is 11.6. The van der Waals surface area contributed by atoms with Gasteiger partial charge in [0.1, 0.15) is 0 Å². The number of carbonyl (C=O) groups is 1. The van der Waals surface area contributed by atoms with E-state index in [4.69, 9.17) is 17.1 Å². The summed E-state index contributed by atoms with van der Waals surface area (Å²) < 4.78 is 27.3. The van der Waals surface area contributed by atoms with Gasteiger partial charge in [-0.1, -0.05) is 65.5 Å². The summed E-state index contributed by atoms with van der Waals surface area (Å²) in [6.45, 7) is 39.7. The molecule has 5 nitrogen and oxygen atoms in total. The summed E-state index contributed by atoms with van der Waals surface area (Å²) in [4.78, 5) is 11.6. The Labute approximate surface area is 212 Å². The van der Waals surface area contributed by atoms with Crippen LogP contribution in [0.25, 0.3) is 0 Å². The Hall–Kier alpha value is 0.608. The number of carbonyl (C=O) groups excluding carboxylic acids is 1. The van der Waals surface area contributed by atoms with Crippen molar-refractivity contribution in [1.82, 2.24) is 0 Å². The summed E-state index contributed by atoms with van der Waals surface area (Å²) in [5, 5.41) is 0. The first-order valence-electron chi connectivity index (χ1n) is 12.2. The Morgan fingerprint density at radius 2 is 0.939 bits per heavy atom. The number of rotatable bonds is 14. The Morgan fingerprint density at radius 1 is 0.636 bits per heavy atom. The van der Waals surface area contributed by atoms with Crippen LogP contribution in [0, 0.1) is 0 Å². The van der Waals surface area contributed by atoms with Crippen molar-refractivity contribution >= 4 is 61.1 Å². The van der Waals surface area contributed by atoms with Crippen molar-refractivity contribution in [1.29, 1.82) is 0 Å². The topological polar surface area (TPSA) is 54.0 Å². The highest BCUT2D eigenvalue weighted by atomic mass is 29.3. The Bertz CT molecular complexity index is 605. The van der Waals surface area contributed by atoms with Gasteiger partial charge in [0.15, 0.2) is 23.5 Å². The molecule has 0 aliphatic carbocycles. The third-order valence-electron chi connectivity index (χ3n) is 7.69. The minimum Gasteiger partial charge on any atom is -0.463 e. The summed E-state index contributed by atoms with van der Waals surface area (Å²) >= 11 is 0. The van der Waals surface area contributed by atoms with E-state index in [0.29, 0.717) is 19.1 Å². The highest BCUT2D eigenvalue weighted by Crippen LogP contribution is 2.37. The molecule has 0 atom stereocenters. The van der Waals surface area contributed by atoms with Crippen LogP contribution in [-0.2, 0) is 21.9 Å². The molecule has 0 aliphatic rings. The Kier molecular flexibility index (Phi) is 11.5. The molecule has 0 bridgehead atoms. The van der Waals surface area contributed by atoms with Crippen LogP contribution < -0.4 is 0 Å². The van der Waals surface area contributed by atoms with Gasteiger partial charge in [-0.3, -0.25) is 0 Å². The van der Waals surface area contributed by atoms with Crippen LogP contribution in [0.15, 0.2) is 12.7 Å². The van der Waals surface area contributed by atoms with Gasteiger partial charge in [0.25, 0.3) is 0 Å². The van der Waals surface area contributed by atoms with E-state index in [-0.39, 0.29) is 5.97 Å². The van der Waals surface area contributed by atoms with Gasteiger partial charge in [-0.05, 0) is 45.7 Å². The molecule has 33 heavy (non-hydrogen) atoms. The molecule has 0 amide bonds. The molecule has 196 valence electrons. The lowest BCUT2D eigenvalue weighted by atomic mass is 10.5. The molecule has 0 spiro atoms. The van der Waals surface area contributed by atoms with E-state index in [1.807, 2.05) is 0 Å². The number of hydrogen-bond donors (Lipinski definition) is 0. The van der Waals surface area contributed by atoms with Gasteiger partial charge in [-0.15, -0.1) is 0 Å². The SMILES string of the molecule is C=CC(=O)OCCC[Si](O[Si](C)(C)[Si](C)(C)C)(O[Si](C)(C)[Si](C)(C)C)O[Si](C)(C)[Si](C)(C)C. The Morgan fingerprint density at radius 3 is 1.18 bits per heavy atom. The largest absolute Gasteiger partial charge is 0.469 e. The second-order valence-corrected chi connectivity index (χ2v) is 65.0. The second kappa shape index (κ2) is 11.3. The molecule has 0 unspecified atom stereocenters. The molecule has 0 radical (unpaired) electrons. The van der Waals surface area contributed by atoms with Crippen molar-refractivity contribution < 1.29 is 21.9 Å². The van der Waals surface area contributed by atoms with Crippen LogP contribution in [-0.4, -0.2) is 67.7 Å². The number of esters is 1. The van der Waals surface area contributed by atoms with Gasteiger partial charge in [0, 0.05) is 12.1 Å². The smallest absolute Gasteiger partial charge is 0.463 e. The van der Waals surface area contributed by atoms with Crippen molar-refractivity contribution in [3.8, 4) is 0 Å². The molecule has 0 saturated heterocycles. The minimum atomic E-state index is -3.04. The number of ether oxygens (including phenoxy) is 1. The molecular weight excluding hydrogens is 529 g/mol. The first-order chi connectivity index (χ1) is 14.3. The predicted molar refractivity (Wildman–Crippen MR) is 162 cm³/mol. The first-order valence-corrected chi connectivity index (χ1v) is 36.4. The molecule has 0 rings (SSSR count). The van der Waals surface area contributed by atoms with Crippen LogP contribution in [0.3, 0.4) is 0 Å². The summed E-state index contributed by atoms with van der Waals surface area (Å²) in [5.41, 5.74) is 0. The molecule has 0 heterocycles. The second-order valence-electron chi connectivity index (χ2n) is 13.7. The molecule has 0 aromatic rings. The third kappa shape index (κ3) is 9.88. The maximum Gasteiger partial charge on any atom is 0.469 e. The fourth-order valence-corrected chi connectivity index (χ4v) is 31.3. The summed E-state index contributed by atoms with van der Waals surface area (Å²) in [6.07, 6.45) is 1.91. The lowest BCUT2D eigenvalue weighted by Gasteiger charge is -2.51. The number of hydrogen-bond acceptors (Lipinski definition) is 5. The van der Waals surface area contributed by atoms with Gasteiger partial charge < -0.3 is 17.1 Å². The molecule has 0 fully saturated rings. The van der Waals surface area contributed by atoms with E-state index in [1.54, 1.807) is 0 Å². The highest BCUT2D eigenvalue weighted by molar-refractivity contribution is 7.42. The molecule has 0 aromatic heterocycles. The Balaban J connectivity index is 6.54. The normalized spacial score (nSPS) is 14.9. The predicted octanol–water partition coefficient (Wildman–Crippen LogP) is 6.96. The molecule has 0 saturated carbocycles. The minimum absolute atomic E-state index is 0.342. The van der Waals surface area contributed by atoms with Crippen LogP contribution >= 0.6 is 0 Å². The van der Waals surface area contributed by atoms with E-state index >= 15 is 0 Å². The quantitative estimate of drug-likeness (QED) is 0.0959.